The van der Waals surface area contributed by atoms with Crippen molar-refractivity contribution < 1.29 is 13.2 Å². The van der Waals surface area contributed by atoms with Crippen molar-refractivity contribution in [3.05, 3.63) is 15.4 Å². The second kappa shape index (κ2) is 4.76. The van der Waals surface area contributed by atoms with Gasteiger partial charge in [0.05, 0.1) is 12.2 Å². The van der Waals surface area contributed by atoms with Gasteiger partial charge in [-0.15, -0.1) is 0 Å². The van der Waals surface area contributed by atoms with Crippen LogP contribution in [0.5, 0.6) is 0 Å². The predicted octanol–water partition coefficient (Wildman–Crippen LogP) is 0.543. The summed E-state index contributed by atoms with van der Waals surface area (Å²) in [5.41, 5.74) is 0.400. The highest BCUT2D eigenvalue weighted by atomic mass is 32.2. The first-order chi connectivity index (χ1) is 8.30. The molecule has 1 aliphatic heterocycles. The molecule has 2 atom stereocenters. The van der Waals surface area contributed by atoms with Crippen LogP contribution in [-0.2, 0) is 14.8 Å². The second-order valence-corrected chi connectivity index (χ2v) is 7.62. The number of aryl methyl sites for hydroxylation is 1. The lowest BCUT2D eigenvalue weighted by Crippen LogP contribution is -2.48. The summed E-state index contributed by atoms with van der Waals surface area (Å²) in [6.07, 6.45) is -0.279. The van der Waals surface area contributed by atoms with Gasteiger partial charge in [0.1, 0.15) is 0 Å². The van der Waals surface area contributed by atoms with Gasteiger partial charge in [-0.3, -0.25) is 4.79 Å². The quantitative estimate of drug-likeness (QED) is 0.863. The summed E-state index contributed by atoms with van der Waals surface area (Å²) >= 11 is 0.736. The van der Waals surface area contributed by atoms with Crippen LogP contribution >= 0.6 is 11.3 Å². The standard InChI is InChI=1S/C10H16N2O4S2/c1-6-4-12(5-7(2)16-6)18(14,15)9-8(3)11-10(13)17-9/h6-7H,4-5H2,1-3H3,(H,11,13). The first-order valence-corrected chi connectivity index (χ1v) is 7.91. The van der Waals surface area contributed by atoms with Gasteiger partial charge in [-0.2, -0.15) is 4.31 Å². The monoisotopic (exact) mass is 292 g/mol. The molecule has 2 rings (SSSR count). The van der Waals surface area contributed by atoms with Crippen LogP contribution in [0.1, 0.15) is 19.5 Å². The summed E-state index contributed by atoms with van der Waals surface area (Å²) < 4.78 is 31.9. The lowest BCUT2D eigenvalue weighted by Gasteiger charge is -2.34. The minimum absolute atomic E-state index is 0.105. The molecule has 0 bridgehead atoms. The van der Waals surface area contributed by atoms with Crippen molar-refractivity contribution >= 4 is 21.4 Å². The second-order valence-electron chi connectivity index (χ2n) is 4.51. The number of aromatic amines is 1. The summed E-state index contributed by atoms with van der Waals surface area (Å²) in [6, 6.07) is 0. The molecule has 1 fully saturated rings. The molecule has 2 heterocycles. The molecule has 0 aliphatic carbocycles. The Labute approximate surface area is 110 Å². The first-order valence-electron chi connectivity index (χ1n) is 5.66. The van der Waals surface area contributed by atoms with E-state index in [-0.39, 0.29) is 21.3 Å². The molecule has 0 radical (unpaired) electrons. The third kappa shape index (κ3) is 2.51. The van der Waals surface area contributed by atoms with E-state index in [9.17, 15) is 13.2 Å². The zero-order valence-corrected chi connectivity index (χ0v) is 12.1. The topological polar surface area (TPSA) is 79.5 Å². The van der Waals surface area contributed by atoms with E-state index in [0.29, 0.717) is 18.8 Å². The van der Waals surface area contributed by atoms with Gasteiger partial charge in [0.15, 0.2) is 4.21 Å². The molecule has 1 aliphatic rings. The molecule has 1 aromatic rings. The van der Waals surface area contributed by atoms with Crippen molar-refractivity contribution in [1.82, 2.24) is 9.29 Å². The molecule has 1 aromatic heterocycles. The van der Waals surface area contributed by atoms with Gasteiger partial charge in [0, 0.05) is 18.8 Å². The van der Waals surface area contributed by atoms with Gasteiger partial charge >= 0.3 is 4.87 Å². The van der Waals surface area contributed by atoms with E-state index in [2.05, 4.69) is 4.98 Å². The van der Waals surface area contributed by atoms with E-state index in [1.807, 2.05) is 13.8 Å². The zero-order chi connectivity index (χ0) is 13.5. The molecule has 2 unspecified atom stereocenters. The Bertz CT molecular complexity index is 579. The number of nitrogens with one attached hydrogen (secondary N) is 1. The van der Waals surface area contributed by atoms with Crippen LogP contribution in [0, 0.1) is 6.92 Å². The van der Waals surface area contributed by atoms with Crippen molar-refractivity contribution in [3.8, 4) is 0 Å². The van der Waals surface area contributed by atoms with Crippen LogP contribution in [0.15, 0.2) is 9.00 Å². The molecule has 8 heteroatoms. The molecule has 6 nitrogen and oxygen atoms in total. The van der Waals surface area contributed by atoms with Crippen LogP contribution in [0.2, 0.25) is 0 Å². The van der Waals surface area contributed by atoms with E-state index >= 15 is 0 Å². The third-order valence-electron chi connectivity index (χ3n) is 2.74. The fraction of sp³-hybridized carbons (Fsp3) is 0.700. The Morgan fingerprint density at radius 2 is 1.89 bits per heavy atom. The maximum Gasteiger partial charge on any atom is 0.305 e. The highest BCUT2D eigenvalue weighted by Gasteiger charge is 2.34. The van der Waals surface area contributed by atoms with Crippen LogP contribution in [0.25, 0.3) is 0 Å². The van der Waals surface area contributed by atoms with Crippen molar-refractivity contribution in [2.45, 2.75) is 37.2 Å². The van der Waals surface area contributed by atoms with Gasteiger partial charge in [-0.1, -0.05) is 11.3 Å². The van der Waals surface area contributed by atoms with Gasteiger partial charge < -0.3 is 9.72 Å². The fourth-order valence-corrected chi connectivity index (χ4v) is 5.11. The normalized spacial score (nSPS) is 26.4. The van der Waals surface area contributed by atoms with Crippen LogP contribution in [0.3, 0.4) is 0 Å². The highest BCUT2D eigenvalue weighted by molar-refractivity contribution is 7.91. The maximum absolute atomic E-state index is 12.4. The average molecular weight is 292 g/mol. The molecular weight excluding hydrogens is 276 g/mol. The lowest BCUT2D eigenvalue weighted by molar-refractivity contribution is -0.0440. The molecule has 0 aromatic carbocycles. The highest BCUT2D eigenvalue weighted by Crippen LogP contribution is 2.24. The molecule has 18 heavy (non-hydrogen) atoms. The Kier molecular flexibility index (Phi) is 3.63. The van der Waals surface area contributed by atoms with Crippen LogP contribution in [0.4, 0.5) is 0 Å². The number of sulfonamides is 1. The van der Waals surface area contributed by atoms with Crippen molar-refractivity contribution in [2.75, 3.05) is 13.1 Å². The van der Waals surface area contributed by atoms with Gasteiger partial charge in [-0.05, 0) is 20.8 Å². The Hall–Kier alpha value is -0.700. The Morgan fingerprint density at radius 1 is 1.33 bits per heavy atom. The number of aromatic nitrogens is 1. The van der Waals surface area contributed by atoms with E-state index in [4.69, 9.17) is 4.74 Å². The van der Waals surface area contributed by atoms with Crippen molar-refractivity contribution in [1.29, 1.82) is 0 Å². The van der Waals surface area contributed by atoms with E-state index < -0.39 is 10.0 Å². The summed E-state index contributed by atoms with van der Waals surface area (Å²) in [5, 5.41) is 0. The largest absolute Gasteiger partial charge is 0.373 e. The van der Waals surface area contributed by atoms with E-state index in [1.165, 1.54) is 4.31 Å². The summed E-state index contributed by atoms with van der Waals surface area (Å²) in [4.78, 5) is 13.4. The average Bonchev–Trinajstić information content (AvgIpc) is 2.57. The molecule has 102 valence electrons. The smallest absolute Gasteiger partial charge is 0.305 e. The predicted molar refractivity (Wildman–Crippen MR) is 68.4 cm³/mol. The minimum atomic E-state index is -3.60. The zero-order valence-electron chi connectivity index (χ0n) is 10.5. The van der Waals surface area contributed by atoms with E-state index in [1.54, 1.807) is 6.92 Å². The van der Waals surface area contributed by atoms with Crippen LogP contribution < -0.4 is 4.87 Å². The number of morpholine rings is 1. The number of hydrogen-bond acceptors (Lipinski definition) is 5. The number of nitrogens with zero attached hydrogens (tertiary/aromatic N) is 1. The van der Waals surface area contributed by atoms with Gasteiger partial charge in [0.25, 0.3) is 10.0 Å². The number of ether oxygens (including phenoxy) is 1. The summed E-state index contributed by atoms with van der Waals surface area (Å²) in [6.45, 7) is 5.91. The maximum atomic E-state index is 12.4. The molecule has 1 saturated heterocycles. The molecule has 0 spiro atoms. The summed E-state index contributed by atoms with van der Waals surface area (Å²) in [5.74, 6) is 0. The fourth-order valence-electron chi connectivity index (χ4n) is 2.08. The van der Waals surface area contributed by atoms with Crippen molar-refractivity contribution in [2.24, 2.45) is 0 Å². The Balaban J connectivity index is 2.37. The van der Waals surface area contributed by atoms with Crippen LogP contribution in [-0.4, -0.2) is 43.0 Å². The third-order valence-corrected chi connectivity index (χ3v) is 6.16. The molecule has 0 amide bonds. The van der Waals surface area contributed by atoms with Gasteiger partial charge in [0.2, 0.25) is 0 Å². The minimum Gasteiger partial charge on any atom is -0.373 e. The van der Waals surface area contributed by atoms with Gasteiger partial charge in [-0.25, -0.2) is 8.42 Å². The number of hydrogen-bond donors (Lipinski definition) is 1. The molecular formula is C10H16N2O4S2. The lowest BCUT2D eigenvalue weighted by atomic mass is 10.3. The molecule has 0 saturated carbocycles. The SMILES string of the molecule is Cc1[nH]c(=O)sc1S(=O)(=O)N1CC(C)OC(C)C1. The van der Waals surface area contributed by atoms with Crippen molar-refractivity contribution in [3.63, 3.8) is 0 Å². The number of rotatable bonds is 2. The Morgan fingerprint density at radius 3 is 2.33 bits per heavy atom. The number of thiazole rings is 1. The van der Waals surface area contributed by atoms with E-state index in [0.717, 1.165) is 11.3 Å². The molecule has 1 N–H and O–H groups in total. The first kappa shape index (κ1) is 13.7. The summed E-state index contributed by atoms with van der Waals surface area (Å²) in [7, 11) is -3.60. The number of H-pyrrole nitrogens is 1.